The molecular formula is C25H31N3O3. The Kier molecular flexibility index (Phi) is 7.14. The summed E-state index contributed by atoms with van der Waals surface area (Å²) in [6.07, 6.45) is 3.19. The molecule has 2 N–H and O–H groups in total. The van der Waals surface area contributed by atoms with Gasteiger partial charge in [0.05, 0.1) is 6.61 Å². The molecular weight excluding hydrogens is 390 g/mol. The van der Waals surface area contributed by atoms with Crippen LogP contribution in [0.4, 0.5) is 0 Å². The molecule has 1 unspecified atom stereocenters. The first-order valence-corrected chi connectivity index (χ1v) is 10.9. The third-order valence-corrected chi connectivity index (χ3v) is 5.95. The second-order valence-corrected chi connectivity index (χ2v) is 8.25. The van der Waals surface area contributed by atoms with Crippen LogP contribution in [-0.4, -0.2) is 83.6 Å². The monoisotopic (exact) mass is 421 g/mol. The standard InChI is InChI=1S/C25H31N3O3/c1-19-6-7-26-16-25(19)22-3-2-21-15-24(5-4-20(21)14-22)31-18-23(30)17-28-10-8-27(9-11-28)12-13-29/h2-7,14-16,23,29-30H,8-13,17-18H2,1H3. The summed E-state index contributed by atoms with van der Waals surface area (Å²) in [7, 11) is 0. The Balaban J connectivity index is 1.33. The van der Waals surface area contributed by atoms with Gasteiger partial charge in [0.25, 0.3) is 0 Å². The zero-order valence-electron chi connectivity index (χ0n) is 18.1. The molecule has 1 aliphatic heterocycles. The van der Waals surface area contributed by atoms with Crippen molar-refractivity contribution in [1.82, 2.24) is 14.8 Å². The van der Waals surface area contributed by atoms with E-state index in [1.54, 1.807) is 0 Å². The van der Waals surface area contributed by atoms with Crippen molar-refractivity contribution in [3.05, 3.63) is 60.4 Å². The predicted octanol–water partition coefficient (Wildman–Crippen LogP) is 2.56. The molecule has 4 rings (SSSR count). The van der Waals surface area contributed by atoms with Gasteiger partial charge in [-0.25, -0.2) is 0 Å². The molecule has 1 fully saturated rings. The molecule has 6 heteroatoms. The van der Waals surface area contributed by atoms with Crippen molar-refractivity contribution < 1.29 is 14.9 Å². The quantitative estimate of drug-likeness (QED) is 0.583. The number of aryl methyl sites for hydroxylation is 1. The minimum absolute atomic E-state index is 0.201. The van der Waals surface area contributed by atoms with Gasteiger partial charge in [-0.1, -0.05) is 18.2 Å². The molecule has 1 saturated heterocycles. The Morgan fingerprint density at radius 2 is 1.74 bits per heavy atom. The van der Waals surface area contributed by atoms with Crippen LogP contribution in [0.1, 0.15) is 5.56 Å². The van der Waals surface area contributed by atoms with E-state index in [-0.39, 0.29) is 13.2 Å². The van der Waals surface area contributed by atoms with Gasteiger partial charge in [0, 0.05) is 57.2 Å². The van der Waals surface area contributed by atoms with Crippen LogP contribution in [0.15, 0.2) is 54.9 Å². The lowest BCUT2D eigenvalue weighted by Crippen LogP contribution is -2.49. The van der Waals surface area contributed by atoms with Gasteiger partial charge in [0.2, 0.25) is 0 Å². The van der Waals surface area contributed by atoms with Gasteiger partial charge in [0.1, 0.15) is 18.5 Å². The fourth-order valence-electron chi connectivity index (χ4n) is 4.13. The van der Waals surface area contributed by atoms with Crippen LogP contribution < -0.4 is 4.74 Å². The second kappa shape index (κ2) is 10.2. The smallest absolute Gasteiger partial charge is 0.120 e. The number of ether oxygens (including phenoxy) is 1. The molecule has 0 radical (unpaired) electrons. The average Bonchev–Trinajstić information content (AvgIpc) is 2.79. The number of β-amino-alcohol motifs (C(OH)–C–C–N with tert-alkyl or cyclic N) is 2. The number of hydrogen-bond acceptors (Lipinski definition) is 6. The number of aliphatic hydroxyl groups excluding tert-OH is 2. The van der Waals surface area contributed by atoms with Crippen molar-refractivity contribution in [3.8, 4) is 16.9 Å². The van der Waals surface area contributed by atoms with E-state index in [0.29, 0.717) is 6.54 Å². The highest BCUT2D eigenvalue weighted by atomic mass is 16.5. The summed E-state index contributed by atoms with van der Waals surface area (Å²) in [5.74, 6) is 0.768. The number of benzene rings is 2. The third kappa shape index (κ3) is 5.60. The van der Waals surface area contributed by atoms with Crippen LogP contribution in [0.5, 0.6) is 5.75 Å². The number of pyridine rings is 1. The molecule has 0 amide bonds. The van der Waals surface area contributed by atoms with Crippen LogP contribution in [0.3, 0.4) is 0 Å². The SMILES string of the molecule is Cc1ccncc1-c1ccc2cc(OCC(O)CN3CCN(CCO)CC3)ccc2c1. The first-order chi connectivity index (χ1) is 15.1. The maximum absolute atomic E-state index is 10.4. The molecule has 2 heterocycles. The molecule has 0 aliphatic carbocycles. The van der Waals surface area contributed by atoms with Crippen LogP contribution in [0, 0.1) is 6.92 Å². The van der Waals surface area contributed by atoms with Gasteiger partial charge in [0.15, 0.2) is 0 Å². The molecule has 1 atom stereocenters. The number of nitrogens with zero attached hydrogens (tertiary/aromatic N) is 3. The largest absolute Gasteiger partial charge is 0.491 e. The maximum atomic E-state index is 10.4. The van der Waals surface area contributed by atoms with Crippen LogP contribution >= 0.6 is 0 Å². The van der Waals surface area contributed by atoms with E-state index >= 15 is 0 Å². The highest BCUT2D eigenvalue weighted by Crippen LogP contribution is 2.28. The third-order valence-electron chi connectivity index (χ3n) is 5.95. The first kappa shape index (κ1) is 21.7. The fourth-order valence-corrected chi connectivity index (χ4v) is 4.13. The van der Waals surface area contributed by atoms with E-state index in [4.69, 9.17) is 9.84 Å². The molecule has 1 aliphatic rings. The normalized spacial score (nSPS) is 16.5. The highest BCUT2D eigenvalue weighted by molar-refractivity contribution is 5.88. The van der Waals surface area contributed by atoms with E-state index in [1.807, 2.05) is 30.6 Å². The van der Waals surface area contributed by atoms with Gasteiger partial charge in [-0.05, 0) is 53.1 Å². The fraction of sp³-hybridized carbons (Fsp3) is 0.400. The van der Waals surface area contributed by atoms with E-state index in [9.17, 15) is 5.11 Å². The maximum Gasteiger partial charge on any atom is 0.120 e. The summed E-state index contributed by atoms with van der Waals surface area (Å²) in [6, 6.07) is 14.5. The van der Waals surface area contributed by atoms with E-state index in [0.717, 1.165) is 60.4 Å². The van der Waals surface area contributed by atoms with Crippen molar-refractivity contribution in [2.24, 2.45) is 0 Å². The molecule has 6 nitrogen and oxygen atoms in total. The molecule has 0 saturated carbocycles. The van der Waals surface area contributed by atoms with Gasteiger partial charge < -0.3 is 14.9 Å². The summed E-state index contributed by atoms with van der Waals surface area (Å²) in [6.45, 7) is 7.58. The van der Waals surface area contributed by atoms with Crippen molar-refractivity contribution in [2.45, 2.75) is 13.0 Å². The summed E-state index contributed by atoms with van der Waals surface area (Å²) in [5.41, 5.74) is 3.50. The van der Waals surface area contributed by atoms with Gasteiger partial charge >= 0.3 is 0 Å². The Labute approximate surface area is 183 Å². The lowest BCUT2D eigenvalue weighted by atomic mass is 9.99. The lowest BCUT2D eigenvalue weighted by Gasteiger charge is -2.35. The Bertz CT molecular complexity index is 1000. The minimum atomic E-state index is -0.531. The number of aliphatic hydroxyl groups is 2. The molecule has 1 aromatic heterocycles. The summed E-state index contributed by atoms with van der Waals surface area (Å²) in [5, 5.41) is 21.7. The Morgan fingerprint density at radius 3 is 2.52 bits per heavy atom. The van der Waals surface area contributed by atoms with Crippen molar-refractivity contribution in [1.29, 1.82) is 0 Å². The molecule has 2 aromatic carbocycles. The van der Waals surface area contributed by atoms with E-state index < -0.39 is 6.10 Å². The average molecular weight is 422 g/mol. The number of hydrogen-bond donors (Lipinski definition) is 2. The van der Waals surface area contributed by atoms with Crippen LogP contribution in [0.25, 0.3) is 21.9 Å². The Hall–Kier alpha value is -2.51. The van der Waals surface area contributed by atoms with Gasteiger partial charge in [-0.2, -0.15) is 0 Å². The van der Waals surface area contributed by atoms with Crippen LogP contribution in [0.2, 0.25) is 0 Å². The zero-order chi connectivity index (χ0) is 21.6. The van der Waals surface area contributed by atoms with Gasteiger partial charge in [-0.15, -0.1) is 0 Å². The summed E-state index contributed by atoms with van der Waals surface area (Å²) < 4.78 is 5.88. The predicted molar refractivity (Wildman–Crippen MR) is 123 cm³/mol. The molecule has 0 spiro atoms. The van der Waals surface area contributed by atoms with Crippen molar-refractivity contribution in [3.63, 3.8) is 0 Å². The summed E-state index contributed by atoms with van der Waals surface area (Å²) in [4.78, 5) is 8.75. The topological polar surface area (TPSA) is 69.1 Å². The Morgan fingerprint density at radius 1 is 1.00 bits per heavy atom. The van der Waals surface area contributed by atoms with E-state index in [2.05, 4.69) is 46.0 Å². The van der Waals surface area contributed by atoms with Crippen molar-refractivity contribution in [2.75, 3.05) is 52.5 Å². The molecule has 31 heavy (non-hydrogen) atoms. The number of rotatable bonds is 8. The second-order valence-electron chi connectivity index (χ2n) is 8.25. The number of aromatic nitrogens is 1. The van der Waals surface area contributed by atoms with Gasteiger partial charge in [-0.3, -0.25) is 14.8 Å². The first-order valence-electron chi connectivity index (χ1n) is 10.9. The zero-order valence-corrected chi connectivity index (χ0v) is 18.1. The molecule has 0 bridgehead atoms. The molecule has 164 valence electrons. The highest BCUT2D eigenvalue weighted by Gasteiger charge is 2.19. The lowest BCUT2D eigenvalue weighted by molar-refractivity contribution is 0.0429. The van der Waals surface area contributed by atoms with Crippen molar-refractivity contribution >= 4 is 10.8 Å². The van der Waals surface area contributed by atoms with E-state index in [1.165, 1.54) is 5.56 Å². The van der Waals surface area contributed by atoms with Crippen LogP contribution in [-0.2, 0) is 0 Å². The summed E-state index contributed by atoms with van der Waals surface area (Å²) >= 11 is 0. The number of fused-ring (bicyclic) bond motifs is 1. The minimum Gasteiger partial charge on any atom is -0.491 e. The number of piperazine rings is 1. The molecule has 3 aromatic rings.